The molecule has 6 nitrogen and oxygen atoms in total. The fourth-order valence-corrected chi connectivity index (χ4v) is 6.52. The van der Waals surface area contributed by atoms with Crippen molar-refractivity contribution in [1.29, 1.82) is 0 Å². The topological polar surface area (TPSA) is 48.8 Å². The second kappa shape index (κ2) is 16.1. The number of methoxy groups -OCH3 is 1. The van der Waals surface area contributed by atoms with Crippen LogP contribution < -0.4 is 9.47 Å². The van der Waals surface area contributed by atoms with Gasteiger partial charge in [0, 0.05) is 41.6 Å². The van der Waals surface area contributed by atoms with E-state index in [4.69, 9.17) is 30.8 Å². The van der Waals surface area contributed by atoms with Gasteiger partial charge in [0.15, 0.2) is 5.16 Å². The third kappa shape index (κ3) is 8.48. The maximum Gasteiger partial charge on any atom is 0.173 e. The lowest BCUT2D eigenvalue weighted by Gasteiger charge is -2.26. The van der Waals surface area contributed by atoms with Crippen molar-refractivity contribution >= 4 is 35.8 Å². The second-order valence-corrected chi connectivity index (χ2v) is 12.1. The molecule has 0 N–H and O–H groups in total. The Balaban J connectivity index is 0.00000461. The van der Waals surface area contributed by atoms with E-state index in [0.29, 0.717) is 34.8 Å². The number of fused-ring (bicyclic) bond motifs is 1. The van der Waals surface area contributed by atoms with E-state index in [2.05, 4.69) is 0 Å². The van der Waals surface area contributed by atoms with Crippen molar-refractivity contribution in [3.8, 4) is 17.2 Å². The summed E-state index contributed by atoms with van der Waals surface area (Å²) < 4.78 is 62.7. The summed E-state index contributed by atoms with van der Waals surface area (Å²) in [4.78, 5) is 6.94. The Morgan fingerprint density at radius 3 is 2.42 bits per heavy atom. The van der Waals surface area contributed by atoms with E-state index in [9.17, 15) is 4.39 Å². The van der Waals surface area contributed by atoms with Gasteiger partial charge in [-0.15, -0.1) is 12.4 Å². The van der Waals surface area contributed by atoms with Gasteiger partial charge in [-0.1, -0.05) is 29.4 Å². The predicted octanol–water partition coefficient (Wildman–Crippen LogP) is 8.09. The molecule has 5 rings (SSSR count). The lowest BCUT2D eigenvalue weighted by Crippen LogP contribution is -2.19. The van der Waals surface area contributed by atoms with Crippen molar-refractivity contribution in [3.63, 3.8) is 0 Å². The number of halogens is 5. The number of rotatable bonds is 13. The highest BCUT2D eigenvalue weighted by molar-refractivity contribution is 7.98. The molecule has 242 valence electrons. The Kier molecular flexibility index (Phi) is 12.5. The van der Waals surface area contributed by atoms with E-state index < -0.39 is 11.6 Å². The van der Waals surface area contributed by atoms with Crippen LogP contribution in [0.2, 0.25) is 5.02 Å². The van der Waals surface area contributed by atoms with E-state index in [-0.39, 0.29) is 47.8 Å². The SMILES string of the molecule is COc1cc(C2CCCc3nc(SCc4c(F)cc(OCCOCCN(C)C)cc4F)n(-c4ccc(F)cc4)c32)ccc1Cl.Cl. The van der Waals surface area contributed by atoms with Crippen LogP contribution in [0, 0.1) is 17.5 Å². The molecule has 0 saturated heterocycles. The van der Waals surface area contributed by atoms with E-state index in [1.165, 1.54) is 36.0 Å². The van der Waals surface area contributed by atoms with Crippen LogP contribution in [0.3, 0.4) is 0 Å². The molecule has 1 atom stereocenters. The van der Waals surface area contributed by atoms with Gasteiger partial charge < -0.3 is 19.1 Å². The summed E-state index contributed by atoms with van der Waals surface area (Å²) in [5.41, 5.74) is 3.53. The lowest BCUT2D eigenvalue weighted by atomic mass is 9.84. The summed E-state index contributed by atoms with van der Waals surface area (Å²) >= 11 is 7.54. The molecule has 0 spiro atoms. The van der Waals surface area contributed by atoms with Gasteiger partial charge >= 0.3 is 0 Å². The first-order chi connectivity index (χ1) is 21.2. The summed E-state index contributed by atoms with van der Waals surface area (Å²) in [7, 11) is 5.48. The highest BCUT2D eigenvalue weighted by Gasteiger charge is 2.31. The number of imidazole rings is 1. The van der Waals surface area contributed by atoms with Crippen LogP contribution in [0.1, 0.15) is 41.3 Å². The molecule has 0 aliphatic heterocycles. The number of ether oxygens (including phenoxy) is 3. The molecule has 0 fully saturated rings. The minimum atomic E-state index is -0.697. The van der Waals surface area contributed by atoms with Crippen LogP contribution in [0.25, 0.3) is 5.69 Å². The Labute approximate surface area is 277 Å². The standard InChI is InChI=1S/C33H35ClF3N3O3S.ClH/c1-39(2)13-14-42-15-16-43-24-18-28(36)26(29(37)19-24)20-44-33-38-30-6-4-5-25(21-7-12-27(34)31(17-21)41-3)32(30)40(33)23-10-8-22(35)9-11-23;/h7-12,17-19,25H,4-6,13-16,20H2,1-3H3;1H. The molecule has 12 heteroatoms. The van der Waals surface area contributed by atoms with Crippen molar-refractivity contribution in [2.24, 2.45) is 0 Å². The zero-order valence-electron chi connectivity index (χ0n) is 25.3. The molecule has 1 aliphatic carbocycles. The molecule has 1 aliphatic rings. The smallest absolute Gasteiger partial charge is 0.173 e. The molecule has 4 aromatic rings. The maximum atomic E-state index is 15.2. The molecular formula is C33H36Cl2F3N3O3S. The Morgan fingerprint density at radius 2 is 1.73 bits per heavy atom. The van der Waals surface area contributed by atoms with E-state index in [0.717, 1.165) is 42.8 Å². The largest absolute Gasteiger partial charge is 0.495 e. The van der Waals surface area contributed by atoms with Gasteiger partial charge in [-0.3, -0.25) is 4.57 Å². The van der Waals surface area contributed by atoms with E-state index >= 15 is 8.78 Å². The van der Waals surface area contributed by atoms with Crippen LogP contribution in [0.15, 0.2) is 59.8 Å². The first-order valence-electron chi connectivity index (χ1n) is 14.4. The number of hydrogen-bond donors (Lipinski definition) is 0. The zero-order valence-corrected chi connectivity index (χ0v) is 27.7. The quantitative estimate of drug-likeness (QED) is 0.105. The minimum absolute atomic E-state index is 0. The second-order valence-electron chi connectivity index (χ2n) is 10.8. The molecule has 1 aromatic heterocycles. The van der Waals surface area contributed by atoms with Crippen molar-refractivity contribution in [1.82, 2.24) is 14.5 Å². The van der Waals surface area contributed by atoms with Crippen molar-refractivity contribution in [3.05, 3.63) is 99.6 Å². The normalized spacial score (nSPS) is 14.3. The number of aryl methyl sites for hydroxylation is 1. The molecule has 3 aromatic carbocycles. The van der Waals surface area contributed by atoms with Gasteiger partial charge in [-0.25, -0.2) is 18.2 Å². The fourth-order valence-electron chi connectivity index (χ4n) is 5.27. The number of likely N-dealkylation sites (N-methyl/N-ethyl adjacent to an activating group) is 1. The lowest BCUT2D eigenvalue weighted by molar-refractivity contribution is 0.0888. The average molecular weight is 683 g/mol. The van der Waals surface area contributed by atoms with Crippen LogP contribution in [-0.2, 0) is 16.9 Å². The number of nitrogens with zero attached hydrogens (tertiary/aromatic N) is 3. The van der Waals surface area contributed by atoms with Gasteiger partial charge in [0.2, 0.25) is 0 Å². The molecule has 0 radical (unpaired) electrons. The Morgan fingerprint density at radius 1 is 1.00 bits per heavy atom. The number of aromatic nitrogens is 2. The Bertz CT molecular complexity index is 1560. The highest BCUT2D eigenvalue weighted by Crippen LogP contribution is 2.43. The van der Waals surface area contributed by atoms with E-state index in [1.54, 1.807) is 19.2 Å². The third-order valence-corrected chi connectivity index (χ3v) is 8.77. The van der Waals surface area contributed by atoms with Crippen LogP contribution >= 0.6 is 35.8 Å². The van der Waals surface area contributed by atoms with Gasteiger partial charge in [0.05, 0.1) is 36.7 Å². The maximum absolute atomic E-state index is 15.2. The predicted molar refractivity (Wildman–Crippen MR) is 174 cm³/mol. The number of benzene rings is 3. The fraction of sp³-hybridized carbons (Fsp3) is 0.364. The zero-order chi connectivity index (χ0) is 31.2. The summed E-state index contributed by atoms with van der Waals surface area (Å²) in [5, 5.41) is 1.09. The highest BCUT2D eigenvalue weighted by atomic mass is 35.5. The number of hydrogen-bond acceptors (Lipinski definition) is 6. The van der Waals surface area contributed by atoms with Crippen LogP contribution in [0.4, 0.5) is 13.2 Å². The molecule has 45 heavy (non-hydrogen) atoms. The van der Waals surface area contributed by atoms with Crippen LogP contribution in [-0.4, -0.2) is 62.0 Å². The van der Waals surface area contributed by atoms with Gasteiger partial charge in [0.1, 0.15) is 35.6 Å². The Hall–Kier alpha value is -2.89. The van der Waals surface area contributed by atoms with Crippen molar-refractivity contribution < 1.29 is 27.4 Å². The van der Waals surface area contributed by atoms with Gasteiger partial charge in [0.25, 0.3) is 0 Å². The molecule has 1 unspecified atom stereocenters. The first kappa shape index (κ1) is 35.0. The monoisotopic (exact) mass is 681 g/mol. The van der Waals surface area contributed by atoms with Gasteiger partial charge in [-0.2, -0.15) is 0 Å². The summed E-state index contributed by atoms with van der Waals surface area (Å²) in [5.74, 6) is -1.10. The van der Waals surface area contributed by atoms with Gasteiger partial charge in [-0.05, 0) is 75.3 Å². The molecule has 0 amide bonds. The van der Waals surface area contributed by atoms with Crippen LogP contribution in [0.5, 0.6) is 11.5 Å². The summed E-state index contributed by atoms with van der Waals surface area (Å²) in [6, 6.07) is 14.3. The molecule has 1 heterocycles. The minimum Gasteiger partial charge on any atom is -0.495 e. The molecule has 0 saturated carbocycles. The first-order valence-corrected chi connectivity index (χ1v) is 15.8. The molecular weight excluding hydrogens is 646 g/mol. The van der Waals surface area contributed by atoms with Crippen molar-refractivity contribution in [2.75, 3.05) is 47.6 Å². The molecule has 0 bridgehead atoms. The number of thioether (sulfide) groups is 1. The average Bonchev–Trinajstić information content (AvgIpc) is 3.37. The van der Waals surface area contributed by atoms with E-state index in [1.807, 2.05) is 41.8 Å². The summed E-state index contributed by atoms with van der Waals surface area (Å²) in [6.45, 7) is 1.81. The summed E-state index contributed by atoms with van der Waals surface area (Å²) in [6.07, 6.45) is 2.53. The van der Waals surface area contributed by atoms with Crippen molar-refractivity contribution in [2.45, 2.75) is 36.1 Å². The third-order valence-electron chi connectivity index (χ3n) is 7.50.